The van der Waals surface area contributed by atoms with Crippen LogP contribution in [0.5, 0.6) is 5.75 Å². The number of fused-ring (bicyclic) bond motifs is 1. The number of phenols is 1. The van der Waals surface area contributed by atoms with Gasteiger partial charge in [0, 0.05) is 18.5 Å². The number of aromatic nitrogens is 2. The molecule has 2 heterocycles. The molecule has 3 rings (SSSR count). The molecule has 0 aliphatic heterocycles. The zero-order valence-corrected chi connectivity index (χ0v) is 9.99. The zero-order valence-electron chi connectivity index (χ0n) is 9.99. The van der Waals surface area contributed by atoms with Crippen molar-refractivity contribution in [2.75, 3.05) is 0 Å². The van der Waals surface area contributed by atoms with Crippen LogP contribution in [0, 0.1) is 0 Å². The van der Waals surface area contributed by atoms with Crippen LogP contribution in [0.25, 0.3) is 22.4 Å². The van der Waals surface area contributed by atoms with E-state index >= 15 is 0 Å². The average Bonchev–Trinajstić information content (AvgIpc) is 2.91. The van der Waals surface area contributed by atoms with E-state index in [0.29, 0.717) is 17.0 Å². The number of hydrogen-bond acceptors (Lipinski definition) is 4. The van der Waals surface area contributed by atoms with Crippen molar-refractivity contribution in [3.05, 3.63) is 36.0 Å². The summed E-state index contributed by atoms with van der Waals surface area (Å²) in [5.41, 5.74) is 1.14. The van der Waals surface area contributed by atoms with Crippen LogP contribution in [0.15, 0.2) is 34.7 Å². The first-order chi connectivity index (χ1) is 9.04. The van der Waals surface area contributed by atoms with Gasteiger partial charge in [0.2, 0.25) is 0 Å². The molecule has 0 fully saturated rings. The normalized spacial score (nSPS) is 11.0. The van der Waals surface area contributed by atoms with Gasteiger partial charge in [-0.1, -0.05) is 0 Å². The van der Waals surface area contributed by atoms with Crippen molar-refractivity contribution in [1.29, 1.82) is 0 Å². The van der Waals surface area contributed by atoms with Gasteiger partial charge in [-0.15, -0.1) is 0 Å². The molecule has 6 heteroatoms. The molecule has 0 unspecified atom stereocenters. The number of aromatic hydroxyl groups is 1. The second-order valence-electron chi connectivity index (χ2n) is 4.18. The molecule has 0 saturated carbocycles. The average molecular weight is 258 g/mol. The van der Waals surface area contributed by atoms with E-state index in [-0.39, 0.29) is 11.4 Å². The van der Waals surface area contributed by atoms with E-state index in [1.54, 1.807) is 25.2 Å². The summed E-state index contributed by atoms with van der Waals surface area (Å²) in [4.78, 5) is 10.9. The number of furan rings is 1. The summed E-state index contributed by atoms with van der Waals surface area (Å²) in [6.45, 7) is 0. The minimum Gasteiger partial charge on any atom is -0.508 e. The molecule has 6 nitrogen and oxygen atoms in total. The van der Waals surface area contributed by atoms with Crippen LogP contribution in [-0.4, -0.2) is 26.0 Å². The third kappa shape index (κ3) is 1.83. The summed E-state index contributed by atoms with van der Waals surface area (Å²) >= 11 is 0. The van der Waals surface area contributed by atoms with Crippen molar-refractivity contribution in [3.63, 3.8) is 0 Å². The summed E-state index contributed by atoms with van der Waals surface area (Å²) < 4.78 is 7.06. The molecule has 0 amide bonds. The van der Waals surface area contributed by atoms with Crippen molar-refractivity contribution in [2.45, 2.75) is 0 Å². The largest absolute Gasteiger partial charge is 0.508 e. The maximum absolute atomic E-state index is 10.9. The van der Waals surface area contributed by atoms with E-state index in [2.05, 4.69) is 5.10 Å². The lowest BCUT2D eigenvalue weighted by Crippen LogP contribution is -1.99. The van der Waals surface area contributed by atoms with Crippen molar-refractivity contribution in [2.24, 2.45) is 7.05 Å². The number of aryl methyl sites for hydroxylation is 1. The maximum Gasteiger partial charge on any atom is 0.356 e. The summed E-state index contributed by atoms with van der Waals surface area (Å²) in [5.74, 6) is -0.435. The Bertz CT molecular complexity index is 785. The highest BCUT2D eigenvalue weighted by molar-refractivity contribution is 5.88. The Morgan fingerprint density at radius 1 is 1.32 bits per heavy atom. The Morgan fingerprint density at radius 2 is 2.11 bits per heavy atom. The number of benzene rings is 1. The van der Waals surface area contributed by atoms with Crippen LogP contribution in [-0.2, 0) is 7.05 Å². The van der Waals surface area contributed by atoms with E-state index in [9.17, 15) is 9.90 Å². The highest BCUT2D eigenvalue weighted by atomic mass is 16.4. The van der Waals surface area contributed by atoms with Crippen LogP contribution in [0.2, 0.25) is 0 Å². The lowest BCUT2D eigenvalue weighted by Gasteiger charge is -1.95. The number of carboxylic acids is 1. The van der Waals surface area contributed by atoms with Crippen molar-refractivity contribution in [1.82, 2.24) is 9.78 Å². The summed E-state index contributed by atoms with van der Waals surface area (Å²) in [6.07, 6.45) is 0. The SMILES string of the molecule is Cn1nc(C(=O)O)cc1-c1cc2cc(O)ccc2o1. The van der Waals surface area contributed by atoms with E-state index in [1.807, 2.05) is 0 Å². The Labute approximate surface area is 107 Å². The quantitative estimate of drug-likeness (QED) is 0.735. The molecule has 1 aromatic carbocycles. The van der Waals surface area contributed by atoms with Crippen LogP contribution < -0.4 is 0 Å². The maximum atomic E-state index is 10.9. The molecule has 3 aromatic rings. The fourth-order valence-corrected chi connectivity index (χ4v) is 1.96. The molecule has 2 aromatic heterocycles. The number of hydrogen-bond donors (Lipinski definition) is 2. The van der Waals surface area contributed by atoms with E-state index in [4.69, 9.17) is 9.52 Å². The van der Waals surface area contributed by atoms with Gasteiger partial charge in [0.1, 0.15) is 17.0 Å². The first-order valence-corrected chi connectivity index (χ1v) is 5.55. The molecule has 0 atom stereocenters. The minimum absolute atomic E-state index is 0.0409. The highest BCUT2D eigenvalue weighted by Gasteiger charge is 2.15. The molecule has 0 bridgehead atoms. The summed E-state index contributed by atoms with van der Waals surface area (Å²) in [7, 11) is 1.65. The standard InChI is InChI=1S/C13H10N2O4/c1-15-10(6-9(14-15)13(17)18)12-5-7-4-8(16)2-3-11(7)19-12/h2-6,16H,1H3,(H,17,18). The third-order valence-corrected chi connectivity index (χ3v) is 2.85. The number of rotatable bonds is 2. The predicted octanol–water partition coefficient (Wildman–Crippen LogP) is 2.24. The zero-order chi connectivity index (χ0) is 13.6. The monoisotopic (exact) mass is 258 g/mol. The smallest absolute Gasteiger partial charge is 0.356 e. The van der Waals surface area contributed by atoms with Gasteiger partial charge >= 0.3 is 5.97 Å². The van der Waals surface area contributed by atoms with E-state index in [0.717, 1.165) is 5.39 Å². The Hall–Kier alpha value is -2.76. The molecule has 96 valence electrons. The molecule has 19 heavy (non-hydrogen) atoms. The van der Waals surface area contributed by atoms with Gasteiger partial charge in [0.15, 0.2) is 11.5 Å². The third-order valence-electron chi connectivity index (χ3n) is 2.85. The van der Waals surface area contributed by atoms with Crippen LogP contribution in [0.4, 0.5) is 0 Å². The first-order valence-electron chi connectivity index (χ1n) is 5.55. The molecule has 0 spiro atoms. The summed E-state index contributed by atoms with van der Waals surface area (Å²) in [6, 6.07) is 7.94. The molecule has 0 saturated heterocycles. The Kier molecular flexibility index (Phi) is 2.31. The number of aromatic carboxylic acids is 1. The second kappa shape index (κ2) is 3.88. The second-order valence-corrected chi connectivity index (χ2v) is 4.18. The number of carbonyl (C=O) groups is 1. The van der Waals surface area contributed by atoms with Crippen molar-refractivity contribution >= 4 is 16.9 Å². The topological polar surface area (TPSA) is 88.5 Å². The van der Waals surface area contributed by atoms with Gasteiger partial charge in [-0.05, 0) is 24.3 Å². The van der Waals surface area contributed by atoms with Gasteiger partial charge < -0.3 is 14.6 Å². The number of carboxylic acid groups (broad SMARTS) is 1. The van der Waals surface area contributed by atoms with Crippen LogP contribution >= 0.6 is 0 Å². The molecule has 0 aliphatic rings. The van der Waals surface area contributed by atoms with Gasteiger partial charge in [-0.2, -0.15) is 5.10 Å². The van der Waals surface area contributed by atoms with Gasteiger partial charge in [-0.25, -0.2) is 4.79 Å². The van der Waals surface area contributed by atoms with Crippen LogP contribution in [0.1, 0.15) is 10.5 Å². The Morgan fingerprint density at radius 3 is 2.79 bits per heavy atom. The minimum atomic E-state index is -1.09. The number of nitrogens with zero attached hydrogens (tertiary/aromatic N) is 2. The van der Waals surface area contributed by atoms with Gasteiger partial charge in [0.05, 0.1) is 0 Å². The first kappa shape index (κ1) is 11.3. The lowest BCUT2D eigenvalue weighted by molar-refractivity contribution is 0.0689. The predicted molar refractivity (Wildman–Crippen MR) is 67.0 cm³/mol. The fraction of sp³-hybridized carbons (Fsp3) is 0.0769. The Balaban J connectivity index is 2.16. The molecular weight excluding hydrogens is 248 g/mol. The molecule has 2 N–H and O–H groups in total. The molecule has 0 aliphatic carbocycles. The summed E-state index contributed by atoms with van der Waals surface area (Å²) in [5, 5.41) is 22.9. The van der Waals surface area contributed by atoms with Gasteiger partial charge in [0.25, 0.3) is 0 Å². The van der Waals surface area contributed by atoms with E-state index in [1.165, 1.54) is 16.8 Å². The molecule has 0 radical (unpaired) electrons. The lowest BCUT2D eigenvalue weighted by atomic mass is 10.2. The van der Waals surface area contributed by atoms with Crippen LogP contribution in [0.3, 0.4) is 0 Å². The molecular formula is C13H10N2O4. The fourth-order valence-electron chi connectivity index (χ4n) is 1.96. The number of phenolic OH excluding ortho intramolecular Hbond substituents is 1. The van der Waals surface area contributed by atoms with E-state index < -0.39 is 5.97 Å². The highest BCUT2D eigenvalue weighted by Crippen LogP contribution is 2.29. The van der Waals surface area contributed by atoms with Crippen molar-refractivity contribution < 1.29 is 19.4 Å². The van der Waals surface area contributed by atoms with Gasteiger partial charge in [-0.3, -0.25) is 4.68 Å². The van der Waals surface area contributed by atoms with Crippen molar-refractivity contribution in [3.8, 4) is 17.2 Å².